The van der Waals surface area contributed by atoms with Crippen molar-refractivity contribution in [1.82, 2.24) is 24.4 Å². The fourth-order valence-corrected chi connectivity index (χ4v) is 7.11. The standard InChI is InChI=1S/C32H35N5O4S/c1-21-33-32-37(34-21)31(38)30(42-32)28(24-19-25(39-2)29(41-4)26(20-24)40-3)36-17-15-35(16-18-36)27(22-11-7-5-8-12-22)23-13-9-6-10-14-23/h5-14,19-20,27-28,38H,15-18H2,1-4H3. The molecule has 0 saturated carbocycles. The normalized spacial score (nSPS) is 15.3. The maximum Gasteiger partial charge on any atom is 0.230 e. The summed E-state index contributed by atoms with van der Waals surface area (Å²) in [6, 6.07) is 25.2. The molecule has 0 aliphatic carbocycles. The minimum atomic E-state index is -0.276. The van der Waals surface area contributed by atoms with E-state index in [-0.39, 0.29) is 18.0 Å². The summed E-state index contributed by atoms with van der Waals surface area (Å²) in [7, 11) is 4.83. The summed E-state index contributed by atoms with van der Waals surface area (Å²) in [6.45, 7) is 5.07. The Morgan fingerprint density at radius 3 is 1.74 bits per heavy atom. The number of aromatic nitrogens is 3. The molecule has 3 heterocycles. The van der Waals surface area contributed by atoms with Crippen LogP contribution in [-0.4, -0.2) is 77.0 Å². The molecule has 1 N–H and O–H groups in total. The average molecular weight is 586 g/mol. The van der Waals surface area contributed by atoms with Gasteiger partial charge in [-0.2, -0.15) is 4.52 Å². The number of methoxy groups -OCH3 is 3. The average Bonchev–Trinajstić information content (AvgIpc) is 3.54. The second-order valence-electron chi connectivity index (χ2n) is 10.3. The van der Waals surface area contributed by atoms with Crippen molar-refractivity contribution in [2.24, 2.45) is 0 Å². The molecule has 1 aliphatic heterocycles. The number of fused-ring (bicyclic) bond motifs is 1. The summed E-state index contributed by atoms with van der Waals surface area (Å²) in [5, 5.41) is 15.8. The molecule has 2 aromatic heterocycles. The van der Waals surface area contributed by atoms with E-state index in [1.54, 1.807) is 21.3 Å². The van der Waals surface area contributed by atoms with Gasteiger partial charge in [0.25, 0.3) is 0 Å². The molecule has 0 bridgehead atoms. The van der Waals surface area contributed by atoms with Crippen LogP contribution < -0.4 is 14.2 Å². The Morgan fingerprint density at radius 2 is 1.26 bits per heavy atom. The van der Waals surface area contributed by atoms with Crippen LogP contribution in [0.25, 0.3) is 4.96 Å². The second kappa shape index (κ2) is 12.0. The summed E-state index contributed by atoms with van der Waals surface area (Å²) in [6.07, 6.45) is 0. The molecule has 1 fully saturated rings. The zero-order valence-corrected chi connectivity index (χ0v) is 25.0. The molecule has 218 valence electrons. The number of aryl methyl sites for hydroxylation is 1. The fourth-order valence-electron chi connectivity index (χ4n) is 5.95. The Labute approximate surface area is 249 Å². The van der Waals surface area contributed by atoms with Crippen molar-refractivity contribution in [2.75, 3.05) is 47.5 Å². The molecule has 1 atom stereocenters. The first-order valence-electron chi connectivity index (χ1n) is 13.9. The Morgan fingerprint density at radius 1 is 0.738 bits per heavy atom. The lowest BCUT2D eigenvalue weighted by molar-refractivity contribution is 0.0897. The number of hydrogen-bond acceptors (Lipinski definition) is 9. The molecule has 1 aliphatic rings. The first-order valence-corrected chi connectivity index (χ1v) is 14.8. The summed E-state index contributed by atoms with van der Waals surface area (Å²) in [5.41, 5.74) is 3.48. The second-order valence-corrected chi connectivity index (χ2v) is 11.3. The maximum absolute atomic E-state index is 11.4. The number of rotatable bonds is 9. The predicted molar refractivity (Wildman–Crippen MR) is 163 cm³/mol. The SMILES string of the molecule is COc1cc(C(c2sc3nc(C)nn3c2O)N2CCN(C(c3ccccc3)c3ccccc3)CC2)cc(OC)c1OC. The maximum atomic E-state index is 11.4. The molecule has 0 amide bonds. The molecule has 1 unspecified atom stereocenters. The van der Waals surface area contributed by atoms with E-state index in [0.717, 1.165) is 36.6 Å². The van der Waals surface area contributed by atoms with Crippen molar-refractivity contribution in [3.63, 3.8) is 0 Å². The minimum absolute atomic E-state index is 0.100. The molecular formula is C32H35N5O4S. The lowest BCUT2D eigenvalue weighted by Gasteiger charge is -2.42. The third-order valence-electron chi connectivity index (χ3n) is 7.87. The van der Waals surface area contributed by atoms with Gasteiger partial charge in [-0.3, -0.25) is 9.80 Å². The van der Waals surface area contributed by atoms with E-state index in [4.69, 9.17) is 14.2 Å². The number of benzene rings is 3. The number of thiazole rings is 1. The van der Waals surface area contributed by atoms with Gasteiger partial charge >= 0.3 is 0 Å². The Hall–Kier alpha value is -4.12. The van der Waals surface area contributed by atoms with Crippen LogP contribution in [-0.2, 0) is 0 Å². The van der Waals surface area contributed by atoms with E-state index in [2.05, 4.69) is 80.5 Å². The monoisotopic (exact) mass is 585 g/mol. The molecule has 5 aromatic rings. The number of nitrogens with zero attached hydrogens (tertiary/aromatic N) is 5. The van der Waals surface area contributed by atoms with Crippen molar-refractivity contribution in [2.45, 2.75) is 19.0 Å². The molecule has 42 heavy (non-hydrogen) atoms. The third-order valence-corrected chi connectivity index (χ3v) is 8.94. The Bertz CT molecular complexity index is 1580. The Kier molecular flexibility index (Phi) is 8.01. The number of piperazine rings is 1. The van der Waals surface area contributed by atoms with Gasteiger partial charge in [-0.1, -0.05) is 72.0 Å². The molecular weight excluding hydrogens is 550 g/mol. The van der Waals surface area contributed by atoms with Crippen molar-refractivity contribution in [1.29, 1.82) is 0 Å². The topological polar surface area (TPSA) is 84.6 Å². The van der Waals surface area contributed by atoms with E-state index in [0.29, 0.717) is 28.0 Å². The van der Waals surface area contributed by atoms with Crippen molar-refractivity contribution in [3.8, 4) is 23.1 Å². The molecule has 6 rings (SSSR count). The van der Waals surface area contributed by atoms with E-state index in [1.165, 1.54) is 27.0 Å². The molecule has 1 saturated heterocycles. The highest BCUT2D eigenvalue weighted by molar-refractivity contribution is 7.17. The van der Waals surface area contributed by atoms with Crippen LogP contribution in [0.3, 0.4) is 0 Å². The molecule has 3 aromatic carbocycles. The lowest BCUT2D eigenvalue weighted by Crippen LogP contribution is -2.49. The van der Waals surface area contributed by atoms with Gasteiger partial charge in [0.05, 0.1) is 38.3 Å². The fraction of sp³-hybridized carbons (Fsp3) is 0.312. The number of ether oxygens (including phenoxy) is 3. The van der Waals surface area contributed by atoms with E-state index in [1.807, 2.05) is 19.1 Å². The largest absolute Gasteiger partial charge is 0.493 e. The zero-order chi connectivity index (χ0) is 29.2. The zero-order valence-electron chi connectivity index (χ0n) is 24.2. The molecule has 0 spiro atoms. The molecule has 0 radical (unpaired) electrons. The van der Waals surface area contributed by atoms with E-state index >= 15 is 0 Å². The van der Waals surface area contributed by atoms with Gasteiger partial charge in [0.2, 0.25) is 16.6 Å². The van der Waals surface area contributed by atoms with Crippen LogP contribution in [0.4, 0.5) is 0 Å². The van der Waals surface area contributed by atoms with Crippen molar-refractivity contribution in [3.05, 3.63) is 100 Å². The third kappa shape index (κ3) is 5.17. The quantitative estimate of drug-likeness (QED) is 0.249. The first-order chi connectivity index (χ1) is 20.5. The smallest absolute Gasteiger partial charge is 0.230 e. The highest BCUT2D eigenvalue weighted by Gasteiger charge is 2.35. The predicted octanol–water partition coefficient (Wildman–Crippen LogP) is 5.33. The summed E-state index contributed by atoms with van der Waals surface area (Å²) < 4.78 is 18.5. The summed E-state index contributed by atoms with van der Waals surface area (Å²) in [5.74, 6) is 2.39. The van der Waals surface area contributed by atoms with Gasteiger partial charge in [-0.25, -0.2) is 4.98 Å². The van der Waals surface area contributed by atoms with Gasteiger partial charge in [0.15, 0.2) is 11.5 Å². The lowest BCUT2D eigenvalue weighted by atomic mass is 9.95. The van der Waals surface area contributed by atoms with Crippen molar-refractivity contribution >= 4 is 16.3 Å². The van der Waals surface area contributed by atoms with Gasteiger partial charge in [0.1, 0.15) is 5.82 Å². The summed E-state index contributed by atoms with van der Waals surface area (Å²) in [4.78, 5) is 10.9. The van der Waals surface area contributed by atoms with Gasteiger partial charge < -0.3 is 19.3 Å². The van der Waals surface area contributed by atoms with E-state index in [9.17, 15) is 5.11 Å². The van der Waals surface area contributed by atoms with Crippen LogP contribution >= 0.6 is 11.3 Å². The van der Waals surface area contributed by atoms with E-state index < -0.39 is 0 Å². The van der Waals surface area contributed by atoms with Gasteiger partial charge in [-0.15, -0.1) is 5.10 Å². The van der Waals surface area contributed by atoms with Crippen LogP contribution in [0.1, 0.15) is 39.5 Å². The minimum Gasteiger partial charge on any atom is -0.493 e. The van der Waals surface area contributed by atoms with Gasteiger partial charge in [0, 0.05) is 26.2 Å². The highest BCUT2D eigenvalue weighted by atomic mass is 32.1. The van der Waals surface area contributed by atoms with Crippen molar-refractivity contribution < 1.29 is 19.3 Å². The number of aromatic hydroxyl groups is 1. The van der Waals surface area contributed by atoms with Crippen LogP contribution in [0.5, 0.6) is 23.1 Å². The Balaban J connectivity index is 1.38. The first kappa shape index (κ1) is 28.0. The summed E-state index contributed by atoms with van der Waals surface area (Å²) >= 11 is 1.45. The number of hydrogen-bond donors (Lipinski definition) is 1. The van der Waals surface area contributed by atoms with Gasteiger partial charge in [-0.05, 0) is 35.7 Å². The van der Waals surface area contributed by atoms with Crippen LogP contribution in [0.15, 0.2) is 72.8 Å². The molecule has 9 nitrogen and oxygen atoms in total. The van der Waals surface area contributed by atoms with Crippen LogP contribution in [0.2, 0.25) is 0 Å². The van der Waals surface area contributed by atoms with Crippen LogP contribution in [0, 0.1) is 6.92 Å². The molecule has 10 heteroatoms. The highest BCUT2D eigenvalue weighted by Crippen LogP contribution is 2.46.